The Kier molecular flexibility index (Phi) is 12.0. The van der Waals surface area contributed by atoms with Crippen LogP contribution >= 0.6 is 0 Å². The standard InChI is InChI=1S/C30H38F3N3O3/c1-2-3-4-5-6-7-8-9-10-14-27-34-29(39-35-27)25-17-15-23(16-18-25)20-36(22-28(37)38)21-24-12-11-13-26(19-24)30(31,32)33/h11-13,15-19H,2-10,14,20-22H2,1H3,(H,37,38). The highest BCUT2D eigenvalue weighted by Crippen LogP contribution is 2.30. The Hall–Kier alpha value is -3.20. The van der Waals surface area contributed by atoms with Crippen molar-refractivity contribution in [1.82, 2.24) is 15.0 Å². The van der Waals surface area contributed by atoms with Crippen LogP contribution in [0.1, 0.15) is 87.2 Å². The maximum Gasteiger partial charge on any atom is 0.416 e. The first-order chi connectivity index (χ1) is 18.7. The average Bonchev–Trinajstić information content (AvgIpc) is 3.36. The first-order valence-corrected chi connectivity index (χ1v) is 13.8. The first kappa shape index (κ1) is 30.3. The maximum absolute atomic E-state index is 13.1. The van der Waals surface area contributed by atoms with E-state index < -0.39 is 17.7 Å². The molecule has 1 aromatic heterocycles. The van der Waals surface area contributed by atoms with Crippen molar-refractivity contribution in [2.75, 3.05) is 6.54 Å². The van der Waals surface area contributed by atoms with Gasteiger partial charge in [0.05, 0.1) is 12.1 Å². The molecule has 9 heteroatoms. The van der Waals surface area contributed by atoms with E-state index in [9.17, 15) is 23.1 Å². The summed E-state index contributed by atoms with van der Waals surface area (Å²) in [6.45, 7) is 2.26. The molecule has 0 radical (unpaired) electrons. The molecule has 0 aliphatic carbocycles. The number of hydrogen-bond donors (Lipinski definition) is 1. The lowest BCUT2D eigenvalue weighted by Crippen LogP contribution is -2.29. The predicted octanol–water partition coefficient (Wildman–Crippen LogP) is 7.92. The quantitative estimate of drug-likeness (QED) is 0.174. The van der Waals surface area contributed by atoms with Gasteiger partial charge in [-0.1, -0.05) is 93.8 Å². The lowest BCUT2D eigenvalue weighted by molar-refractivity contribution is -0.139. The summed E-state index contributed by atoms with van der Waals surface area (Å²) in [4.78, 5) is 17.5. The van der Waals surface area contributed by atoms with Crippen molar-refractivity contribution in [3.63, 3.8) is 0 Å². The number of nitrogens with zero attached hydrogens (tertiary/aromatic N) is 3. The van der Waals surface area contributed by atoms with E-state index in [1.54, 1.807) is 11.0 Å². The molecule has 0 saturated heterocycles. The summed E-state index contributed by atoms with van der Waals surface area (Å²) in [7, 11) is 0. The van der Waals surface area contributed by atoms with Crippen LogP contribution in [0.4, 0.5) is 13.2 Å². The van der Waals surface area contributed by atoms with Gasteiger partial charge in [0.2, 0.25) is 0 Å². The van der Waals surface area contributed by atoms with Crippen LogP contribution in [-0.4, -0.2) is 32.7 Å². The Labute approximate surface area is 228 Å². The van der Waals surface area contributed by atoms with E-state index in [-0.39, 0.29) is 19.6 Å². The number of alkyl halides is 3. The zero-order valence-corrected chi connectivity index (χ0v) is 22.6. The molecule has 0 saturated carbocycles. The van der Waals surface area contributed by atoms with E-state index in [0.717, 1.165) is 42.5 Å². The van der Waals surface area contributed by atoms with Crippen LogP contribution < -0.4 is 0 Å². The molecule has 212 valence electrons. The van der Waals surface area contributed by atoms with Gasteiger partial charge in [-0.15, -0.1) is 0 Å². The molecular formula is C30H38F3N3O3. The molecule has 6 nitrogen and oxygen atoms in total. The number of hydrogen-bond acceptors (Lipinski definition) is 5. The molecule has 1 N–H and O–H groups in total. The second-order valence-corrected chi connectivity index (χ2v) is 10.0. The Morgan fingerprint density at radius 1 is 0.897 bits per heavy atom. The number of carboxylic acids is 1. The fourth-order valence-corrected chi connectivity index (χ4v) is 4.54. The van der Waals surface area contributed by atoms with Crippen LogP contribution in [0, 0.1) is 0 Å². The van der Waals surface area contributed by atoms with Gasteiger partial charge in [0.25, 0.3) is 5.89 Å². The third-order valence-electron chi connectivity index (χ3n) is 6.60. The second-order valence-electron chi connectivity index (χ2n) is 10.0. The van der Waals surface area contributed by atoms with Crippen molar-refractivity contribution in [2.24, 2.45) is 0 Å². The van der Waals surface area contributed by atoms with E-state index in [2.05, 4.69) is 17.1 Å². The van der Waals surface area contributed by atoms with Crippen LogP contribution in [0.25, 0.3) is 11.5 Å². The molecule has 0 unspecified atom stereocenters. The summed E-state index contributed by atoms with van der Waals surface area (Å²) in [5.41, 5.74) is 1.22. The molecule has 0 bridgehead atoms. The van der Waals surface area contributed by atoms with Crippen LogP contribution in [-0.2, 0) is 30.5 Å². The molecule has 2 aromatic carbocycles. The van der Waals surface area contributed by atoms with Crippen LogP contribution in [0.5, 0.6) is 0 Å². The number of rotatable bonds is 17. The van der Waals surface area contributed by atoms with E-state index >= 15 is 0 Å². The highest BCUT2D eigenvalue weighted by molar-refractivity contribution is 5.69. The van der Waals surface area contributed by atoms with Gasteiger partial charge in [-0.3, -0.25) is 9.69 Å². The number of carboxylic acid groups (broad SMARTS) is 1. The normalized spacial score (nSPS) is 11.8. The van der Waals surface area contributed by atoms with Gasteiger partial charge in [0, 0.05) is 25.1 Å². The number of halogens is 3. The van der Waals surface area contributed by atoms with Crippen molar-refractivity contribution in [3.05, 3.63) is 71.0 Å². The Morgan fingerprint density at radius 3 is 2.18 bits per heavy atom. The van der Waals surface area contributed by atoms with Gasteiger partial charge in [0.15, 0.2) is 5.82 Å². The molecule has 0 aliphatic heterocycles. The largest absolute Gasteiger partial charge is 0.480 e. The van der Waals surface area contributed by atoms with E-state index in [0.29, 0.717) is 17.3 Å². The topological polar surface area (TPSA) is 79.5 Å². The third-order valence-corrected chi connectivity index (χ3v) is 6.60. The highest BCUT2D eigenvalue weighted by Gasteiger charge is 2.30. The fraction of sp³-hybridized carbons (Fsp3) is 0.500. The highest BCUT2D eigenvalue weighted by atomic mass is 19.4. The number of aryl methyl sites for hydroxylation is 1. The third kappa shape index (κ3) is 10.8. The molecule has 3 aromatic rings. The molecule has 0 atom stereocenters. The SMILES string of the molecule is CCCCCCCCCCCc1noc(-c2ccc(CN(CC(=O)O)Cc3cccc(C(F)(F)F)c3)cc2)n1. The van der Waals surface area contributed by atoms with Gasteiger partial charge < -0.3 is 9.63 Å². The van der Waals surface area contributed by atoms with E-state index in [4.69, 9.17) is 4.52 Å². The fourth-order valence-electron chi connectivity index (χ4n) is 4.54. The van der Waals surface area contributed by atoms with Crippen LogP contribution in [0.2, 0.25) is 0 Å². The number of unbranched alkanes of at least 4 members (excludes halogenated alkanes) is 8. The first-order valence-electron chi connectivity index (χ1n) is 13.8. The van der Waals surface area contributed by atoms with Crippen molar-refractivity contribution >= 4 is 5.97 Å². The van der Waals surface area contributed by atoms with Crippen molar-refractivity contribution in [3.8, 4) is 11.5 Å². The number of aromatic nitrogens is 2. The average molecular weight is 546 g/mol. The summed E-state index contributed by atoms with van der Waals surface area (Å²) < 4.78 is 44.6. The van der Waals surface area contributed by atoms with Gasteiger partial charge in [-0.05, 0) is 35.7 Å². The monoisotopic (exact) mass is 545 g/mol. The lowest BCUT2D eigenvalue weighted by Gasteiger charge is -2.21. The predicted molar refractivity (Wildman–Crippen MR) is 144 cm³/mol. The van der Waals surface area contributed by atoms with Gasteiger partial charge in [0.1, 0.15) is 0 Å². The van der Waals surface area contributed by atoms with Crippen LogP contribution in [0.15, 0.2) is 53.1 Å². The molecule has 0 fully saturated rings. The Morgan fingerprint density at radius 2 is 1.54 bits per heavy atom. The summed E-state index contributed by atoms with van der Waals surface area (Å²) in [5, 5.41) is 13.4. The van der Waals surface area contributed by atoms with Crippen molar-refractivity contribution < 1.29 is 27.6 Å². The minimum absolute atomic E-state index is 0.0733. The second kappa shape index (κ2) is 15.4. The summed E-state index contributed by atoms with van der Waals surface area (Å²) in [5.74, 6) is 0.0635. The molecule has 0 spiro atoms. The molecule has 3 rings (SSSR count). The lowest BCUT2D eigenvalue weighted by atomic mass is 10.1. The van der Waals surface area contributed by atoms with Crippen molar-refractivity contribution in [1.29, 1.82) is 0 Å². The molecule has 0 aliphatic rings. The number of benzene rings is 2. The molecule has 1 heterocycles. The number of aliphatic carboxylic acids is 1. The van der Waals surface area contributed by atoms with Gasteiger partial charge in [-0.25, -0.2) is 0 Å². The molecular weight excluding hydrogens is 507 g/mol. The minimum atomic E-state index is -4.45. The zero-order valence-electron chi connectivity index (χ0n) is 22.6. The molecule has 39 heavy (non-hydrogen) atoms. The van der Waals surface area contributed by atoms with Gasteiger partial charge in [-0.2, -0.15) is 18.2 Å². The summed E-state index contributed by atoms with van der Waals surface area (Å²) >= 11 is 0. The zero-order chi connectivity index (χ0) is 28.1. The Balaban J connectivity index is 1.50. The molecule has 0 amide bonds. The summed E-state index contributed by atoms with van der Waals surface area (Å²) in [6.07, 6.45) is 7.58. The van der Waals surface area contributed by atoms with Crippen molar-refractivity contribution in [2.45, 2.75) is 90.4 Å². The number of carbonyl (C=O) groups is 1. The smallest absolute Gasteiger partial charge is 0.416 e. The Bertz CT molecular complexity index is 1150. The van der Waals surface area contributed by atoms with Crippen LogP contribution in [0.3, 0.4) is 0 Å². The maximum atomic E-state index is 13.1. The van der Waals surface area contributed by atoms with E-state index in [1.807, 2.05) is 24.3 Å². The van der Waals surface area contributed by atoms with E-state index in [1.165, 1.54) is 51.0 Å². The summed E-state index contributed by atoms with van der Waals surface area (Å²) in [6, 6.07) is 12.3. The minimum Gasteiger partial charge on any atom is -0.480 e. The van der Waals surface area contributed by atoms with Gasteiger partial charge >= 0.3 is 12.1 Å².